The predicted octanol–water partition coefficient (Wildman–Crippen LogP) is 3.09. The molecular formula is C21H23F2N7O. The maximum absolute atomic E-state index is 13.8. The van der Waals surface area contributed by atoms with Crippen molar-refractivity contribution in [2.45, 2.75) is 39.4 Å². The fourth-order valence-corrected chi connectivity index (χ4v) is 3.63. The quantitative estimate of drug-likeness (QED) is 0.629. The van der Waals surface area contributed by atoms with E-state index in [-0.39, 0.29) is 24.1 Å². The molecule has 2 N–H and O–H groups in total. The van der Waals surface area contributed by atoms with Crippen LogP contribution in [0.3, 0.4) is 0 Å². The Morgan fingerprint density at radius 1 is 1.26 bits per heavy atom. The third kappa shape index (κ3) is 4.18. The molecule has 1 aliphatic rings. The molecule has 1 atom stereocenters. The van der Waals surface area contributed by atoms with Crippen molar-refractivity contribution in [2.24, 2.45) is 0 Å². The maximum atomic E-state index is 13.8. The third-order valence-electron chi connectivity index (χ3n) is 5.29. The van der Waals surface area contributed by atoms with Crippen LogP contribution in [0, 0.1) is 18.6 Å². The van der Waals surface area contributed by atoms with Crippen molar-refractivity contribution in [3.8, 4) is 0 Å². The smallest absolute Gasteiger partial charge is 0.247 e. The molecule has 162 valence electrons. The van der Waals surface area contributed by atoms with Crippen LogP contribution in [0.15, 0.2) is 30.6 Å². The lowest BCUT2D eigenvalue weighted by Crippen LogP contribution is -2.46. The topological polar surface area (TPSA) is 88.0 Å². The van der Waals surface area contributed by atoms with Gasteiger partial charge in [0, 0.05) is 30.9 Å². The SMILES string of the molecule is CC[C@H]1C(=O)Nc2c(C)nc(NCc3cnn(Cc4cc(F)ccc4F)c3)nc2N1C. The summed E-state index contributed by atoms with van der Waals surface area (Å²) in [6.07, 6.45) is 4.07. The minimum atomic E-state index is -0.489. The molecule has 0 radical (unpaired) electrons. The zero-order valence-electron chi connectivity index (χ0n) is 17.5. The number of hydrogen-bond acceptors (Lipinski definition) is 6. The predicted molar refractivity (Wildman–Crippen MR) is 113 cm³/mol. The van der Waals surface area contributed by atoms with Crippen molar-refractivity contribution >= 4 is 23.4 Å². The minimum Gasteiger partial charge on any atom is -0.350 e. The van der Waals surface area contributed by atoms with Gasteiger partial charge >= 0.3 is 0 Å². The van der Waals surface area contributed by atoms with E-state index in [4.69, 9.17) is 0 Å². The van der Waals surface area contributed by atoms with E-state index in [1.54, 1.807) is 17.1 Å². The number of amides is 1. The largest absolute Gasteiger partial charge is 0.350 e. The minimum absolute atomic E-state index is 0.0629. The van der Waals surface area contributed by atoms with E-state index in [1.807, 2.05) is 25.8 Å². The van der Waals surface area contributed by atoms with E-state index in [9.17, 15) is 13.6 Å². The summed E-state index contributed by atoms with van der Waals surface area (Å²) in [4.78, 5) is 23.1. The molecule has 0 saturated heterocycles. The molecule has 1 aromatic carbocycles. The first-order valence-electron chi connectivity index (χ1n) is 9.97. The van der Waals surface area contributed by atoms with Gasteiger partial charge in [-0.2, -0.15) is 10.1 Å². The van der Waals surface area contributed by atoms with Gasteiger partial charge in [0.15, 0.2) is 5.82 Å². The van der Waals surface area contributed by atoms with Crippen LogP contribution in [-0.2, 0) is 17.9 Å². The summed E-state index contributed by atoms with van der Waals surface area (Å²) in [5.41, 5.74) is 2.35. The first-order chi connectivity index (χ1) is 14.9. The van der Waals surface area contributed by atoms with Crippen LogP contribution in [-0.4, -0.2) is 38.7 Å². The number of rotatable bonds is 6. The van der Waals surface area contributed by atoms with Gasteiger partial charge in [-0.15, -0.1) is 0 Å². The number of nitrogens with one attached hydrogen (secondary N) is 2. The molecule has 1 aliphatic heterocycles. The van der Waals surface area contributed by atoms with Crippen LogP contribution in [0.5, 0.6) is 0 Å². The molecular weight excluding hydrogens is 404 g/mol. The third-order valence-corrected chi connectivity index (χ3v) is 5.29. The number of nitrogens with zero attached hydrogens (tertiary/aromatic N) is 5. The Hall–Kier alpha value is -3.56. The van der Waals surface area contributed by atoms with Crippen LogP contribution >= 0.6 is 0 Å². The molecule has 1 amide bonds. The van der Waals surface area contributed by atoms with Gasteiger partial charge in [-0.05, 0) is 31.5 Å². The number of hydrogen-bond donors (Lipinski definition) is 2. The number of benzene rings is 1. The number of aromatic nitrogens is 4. The molecule has 0 bridgehead atoms. The number of aryl methyl sites for hydroxylation is 1. The number of carbonyl (C=O) groups excluding carboxylic acids is 1. The molecule has 0 saturated carbocycles. The Balaban J connectivity index is 1.47. The Kier molecular flexibility index (Phi) is 5.53. The molecule has 31 heavy (non-hydrogen) atoms. The maximum Gasteiger partial charge on any atom is 0.247 e. The average molecular weight is 427 g/mol. The van der Waals surface area contributed by atoms with Gasteiger partial charge in [0.05, 0.1) is 18.4 Å². The Morgan fingerprint density at radius 2 is 2.06 bits per heavy atom. The summed E-state index contributed by atoms with van der Waals surface area (Å²) in [6.45, 7) is 4.29. The van der Waals surface area contributed by atoms with Crippen LogP contribution < -0.4 is 15.5 Å². The van der Waals surface area contributed by atoms with E-state index >= 15 is 0 Å². The lowest BCUT2D eigenvalue weighted by molar-refractivity contribution is -0.117. The first-order valence-corrected chi connectivity index (χ1v) is 9.97. The molecule has 0 spiro atoms. The molecule has 0 unspecified atom stereocenters. The van der Waals surface area contributed by atoms with Crippen LogP contribution in [0.2, 0.25) is 0 Å². The van der Waals surface area contributed by atoms with Crippen molar-refractivity contribution in [1.82, 2.24) is 19.7 Å². The van der Waals surface area contributed by atoms with Gasteiger partial charge in [0.2, 0.25) is 11.9 Å². The van der Waals surface area contributed by atoms with E-state index in [2.05, 4.69) is 25.7 Å². The molecule has 10 heteroatoms. The van der Waals surface area contributed by atoms with E-state index < -0.39 is 11.6 Å². The van der Waals surface area contributed by atoms with Crippen molar-refractivity contribution in [3.05, 3.63) is 59.0 Å². The highest BCUT2D eigenvalue weighted by Crippen LogP contribution is 2.33. The zero-order chi connectivity index (χ0) is 22.1. The first kappa shape index (κ1) is 20.7. The average Bonchev–Trinajstić information content (AvgIpc) is 3.18. The number of carbonyl (C=O) groups is 1. The number of anilines is 3. The summed E-state index contributed by atoms with van der Waals surface area (Å²) >= 11 is 0. The summed E-state index contributed by atoms with van der Waals surface area (Å²) < 4.78 is 28.8. The molecule has 3 heterocycles. The standard InChI is InChI=1S/C21H23F2N7O/c1-4-17-20(31)27-18-12(2)26-21(28-19(18)29(17)3)24-8-13-9-25-30(10-13)11-14-7-15(22)5-6-16(14)23/h5-7,9-10,17H,4,8,11H2,1-3H3,(H,27,31)(H,24,26,28)/t17-/m0/s1. The molecule has 8 nitrogen and oxygen atoms in total. The fraction of sp³-hybridized carbons (Fsp3) is 0.333. The number of halogens is 2. The van der Waals surface area contributed by atoms with Gasteiger partial charge in [0.25, 0.3) is 0 Å². The second-order valence-electron chi connectivity index (χ2n) is 7.49. The Bertz CT molecular complexity index is 1130. The van der Waals surface area contributed by atoms with E-state index in [1.165, 1.54) is 0 Å². The van der Waals surface area contributed by atoms with Gasteiger partial charge in [-0.1, -0.05) is 6.92 Å². The number of fused-ring (bicyclic) bond motifs is 1. The molecule has 4 rings (SSSR count). The van der Waals surface area contributed by atoms with Crippen LogP contribution in [0.4, 0.5) is 26.2 Å². The number of likely N-dealkylation sites (N-methyl/N-ethyl adjacent to an activating group) is 1. The lowest BCUT2D eigenvalue weighted by atomic mass is 10.1. The monoisotopic (exact) mass is 427 g/mol. The van der Waals surface area contributed by atoms with E-state index in [0.717, 1.165) is 23.8 Å². The van der Waals surface area contributed by atoms with Crippen molar-refractivity contribution < 1.29 is 13.6 Å². The summed E-state index contributed by atoms with van der Waals surface area (Å²) in [5, 5.41) is 10.3. The van der Waals surface area contributed by atoms with Gasteiger partial charge in [0.1, 0.15) is 23.4 Å². The highest BCUT2D eigenvalue weighted by molar-refractivity contribution is 6.03. The molecule has 2 aromatic heterocycles. The summed E-state index contributed by atoms with van der Waals surface area (Å²) in [7, 11) is 1.84. The van der Waals surface area contributed by atoms with Crippen molar-refractivity contribution in [1.29, 1.82) is 0 Å². The van der Waals surface area contributed by atoms with Gasteiger partial charge < -0.3 is 15.5 Å². The Morgan fingerprint density at radius 3 is 2.84 bits per heavy atom. The second-order valence-corrected chi connectivity index (χ2v) is 7.49. The normalized spacial score (nSPS) is 15.6. The van der Waals surface area contributed by atoms with Crippen LogP contribution in [0.25, 0.3) is 0 Å². The summed E-state index contributed by atoms with van der Waals surface area (Å²) in [6, 6.07) is 3.08. The summed E-state index contributed by atoms with van der Waals surface area (Å²) in [5.74, 6) is 0.0664. The Labute approximate surface area is 178 Å². The zero-order valence-corrected chi connectivity index (χ0v) is 17.5. The molecule has 3 aromatic rings. The molecule has 0 aliphatic carbocycles. The fourth-order valence-electron chi connectivity index (χ4n) is 3.63. The van der Waals surface area contributed by atoms with Crippen molar-refractivity contribution in [3.63, 3.8) is 0 Å². The highest BCUT2D eigenvalue weighted by Gasteiger charge is 2.32. The van der Waals surface area contributed by atoms with Crippen LogP contribution in [0.1, 0.15) is 30.2 Å². The van der Waals surface area contributed by atoms with Crippen molar-refractivity contribution in [2.75, 3.05) is 22.6 Å². The molecule has 0 fully saturated rings. The van der Waals surface area contributed by atoms with Gasteiger partial charge in [-0.3, -0.25) is 9.48 Å². The van der Waals surface area contributed by atoms with Gasteiger partial charge in [-0.25, -0.2) is 13.8 Å². The lowest BCUT2D eigenvalue weighted by Gasteiger charge is -2.34. The van der Waals surface area contributed by atoms with E-state index in [0.29, 0.717) is 36.1 Å². The second kappa shape index (κ2) is 8.29. The highest BCUT2D eigenvalue weighted by atomic mass is 19.1.